The van der Waals surface area contributed by atoms with E-state index in [1.54, 1.807) is 12.1 Å². The molecule has 0 N–H and O–H groups in total. The van der Waals surface area contributed by atoms with Gasteiger partial charge in [0.1, 0.15) is 5.75 Å². The molecule has 0 amide bonds. The van der Waals surface area contributed by atoms with Crippen LogP contribution in [0.4, 0.5) is 0 Å². The van der Waals surface area contributed by atoms with E-state index in [4.69, 9.17) is 20.8 Å². The number of para-hydroxylation sites is 1. The summed E-state index contributed by atoms with van der Waals surface area (Å²) in [4.78, 5) is 0. The number of rotatable bonds is 6. The molecule has 1 aromatic heterocycles. The lowest BCUT2D eigenvalue weighted by atomic mass is 10.2. The first-order valence-corrected chi connectivity index (χ1v) is 8.94. The quantitative estimate of drug-likeness (QED) is 0.511. The number of hydrogen-bond acceptors (Lipinski definition) is 5. The summed E-state index contributed by atoms with van der Waals surface area (Å²) in [6.45, 7) is 0.187. The van der Waals surface area contributed by atoms with Gasteiger partial charge in [0.25, 0.3) is 11.1 Å². The first-order chi connectivity index (χ1) is 11.2. The lowest BCUT2D eigenvalue weighted by Crippen LogP contribution is -1.95. The largest absolute Gasteiger partial charge is 0.482 e. The van der Waals surface area contributed by atoms with Gasteiger partial charge < -0.3 is 9.15 Å². The van der Waals surface area contributed by atoms with Crippen molar-refractivity contribution in [3.8, 4) is 5.75 Å². The number of thioether (sulfide) groups is 1. The van der Waals surface area contributed by atoms with E-state index < -0.39 is 0 Å². The topological polar surface area (TPSA) is 48.2 Å². The highest BCUT2D eigenvalue weighted by molar-refractivity contribution is 9.10. The Bertz CT molecular complexity index is 733. The van der Waals surface area contributed by atoms with Gasteiger partial charge in [0.05, 0.1) is 5.02 Å². The first kappa shape index (κ1) is 16.4. The number of benzene rings is 2. The molecule has 0 radical (unpaired) electrons. The van der Waals surface area contributed by atoms with Gasteiger partial charge in [0.2, 0.25) is 0 Å². The van der Waals surface area contributed by atoms with Crippen molar-refractivity contribution in [3.63, 3.8) is 0 Å². The van der Waals surface area contributed by atoms with Crippen molar-refractivity contribution in [2.45, 2.75) is 17.6 Å². The highest BCUT2D eigenvalue weighted by Gasteiger charge is 2.09. The molecule has 4 nitrogen and oxygen atoms in total. The van der Waals surface area contributed by atoms with Crippen molar-refractivity contribution in [3.05, 3.63) is 69.5 Å². The zero-order valence-corrected chi connectivity index (χ0v) is 15.1. The van der Waals surface area contributed by atoms with E-state index in [2.05, 4.69) is 32.2 Å². The molecule has 2 aromatic carbocycles. The molecular weight excluding hydrogens is 400 g/mol. The maximum absolute atomic E-state index is 6.03. The van der Waals surface area contributed by atoms with Crippen LogP contribution in [0.2, 0.25) is 5.02 Å². The molecule has 3 rings (SSSR count). The fraction of sp³-hybridized carbons (Fsp3) is 0.125. The molecule has 0 atom stereocenters. The van der Waals surface area contributed by atoms with Gasteiger partial charge in [-0.05, 0) is 23.8 Å². The van der Waals surface area contributed by atoms with Crippen LogP contribution in [-0.2, 0) is 12.4 Å². The maximum atomic E-state index is 6.03. The Balaban J connectivity index is 1.56. The lowest BCUT2D eigenvalue weighted by molar-refractivity contribution is 0.252. The Morgan fingerprint density at radius 3 is 2.70 bits per heavy atom. The van der Waals surface area contributed by atoms with E-state index >= 15 is 0 Å². The molecule has 0 bridgehead atoms. The monoisotopic (exact) mass is 410 g/mol. The normalized spacial score (nSPS) is 10.7. The molecule has 0 saturated heterocycles. The van der Waals surface area contributed by atoms with Crippen LogP contribution in [0.15, 0.2) is 62.6 Å². The lowest BCUT2D eigenvalue weighted by Gasteiger charge is -2.04. The van der Waals surface area contributed by atoms with Crippen LogP contribution in [-0.4, -0.2) is 10.2 Å². The molecule has 3 aromatic rings. The molecule has 0 aliphatic rings. The zero-order valence-electron chi connectivity index (χ0n) is 11.9. The average molecular weight is 412 g/mol. The maximum Gasteiger partial charge on any atom is 0.277 e. The second-order valence-electron chi connectivity index (χ2n) is 4.56. The molecule has 0 saturated carbocycles. The van der Waals surface area contributed by atoms with Gasteiger partial charge in [-0.2, -0.15) is 0 Å². The third-order valence-electron chi connectivity index (χ3n) is 2.95. The van der Waals surface area contributed by atoms with Crippen molar-refractivity contribution in [2.24, 2.45) is 0 Å². The van der Waals surface area contributed by atoms with Crippen molar-refractivity contribution < 1.29 is 9.15 Å². The molecule has 0 unspecified atom stereocenters. The van der Waals surface area contributed by atoms with Crippen LogP contribution in [0.25, 0.3) is 0 Å². The van der Waals surface area contributed by atoms with Crippen LogP contribution >= 0.6 is 39.3 Å². The molecule has 0 aliphatic carbocycles. The van der Waals surface area contributed by atoms with Crippen molar-refractivity contribution in [1.29, 1.82) is 0 Å². The zero-order chi connectivity index (χ0) is 16.1. The Kier molecular flexibility index (Phi) is 5.59. The smallest absolute Gasteiger partial charge is 0.277 e. The summed E-state index contributed by atoms with van der Waals surface area (Å²) >= 11 is 11.0. The standard InChI is InChI=1S/C16H12BrClN2O2S/c17-12-6-2-1-5-11(12)10-23-16-20-19-15(22-16)9-21-14-8-4-3-7-13(14)18/h1-8H,9-10H2. The van der Waals surface area contributed by atoms with Crippen molar-refractivity contribution >= 4 is 39.3 Å². The molecule has 0 spiro atoms. The van der Waals surface area contributed by atoms with E-state index in [0.717, 1.165) is 10.2 Å². The second-order valence-corrected chi connectivity index (χ2v) is 6.75. The Hall–Kier alpha value is -1.50. The number of halogens is 2. The van der Waals surface area contributed by atoms with Gasteiger partial charge in [-0.3, -0.25) is 0 Å². The molecular formula is C16H12BrClN2O2S. The fourth-order valence-corrected chi connectivity index (χ4v) is 3.40. The van der Waals surface area contributed by atoms with E-state index in [1.165, 1.54) is 17.3 Å². The van der Waals surface area contributed by atoms with Gasteiger partial charge in [-0.25, -0.2) is 0 Å². The minimum Gasteiger partial charge on any atom is -0.482 e. The van der Waals surface area contributed by atoms with Crippen LogP contribution in [0.1, 0.15) is 11.5 Å². The van der Waals surface area contributed by atoms with Gasteiger partial charge >= 0.3 is 0 Å². The summed E-state index contributed by atoms with van der Waals surface area (Å²) < 4.78 is 12.2. The summed E-state index contributed by atoms with van der Waals surface area (Å²) in [5.41, 5.74) is 1.17. The van der Waals surface area contributed by atoms with E-state index in [-0.39, 0.29) is 6.61 Å². The summed E-state index contributed by atoms with van der Waals surface area (Å²) in [6, 6.07) is 15.3. The minimum atomic E-state index is 0.187. The van der Waals surface area contributed by atoms with Gasteiger partial charge in [0, 0.05) is 10.2 Å². The SMILES string of the molecule is Clc1ccccc1OCc1nnc(SCc2ccccc2Br)o1. The van der Waals surface area contributed by atoms with E-state index in [1.807, 2.05) is 30.3 Å². The summed E-state index contributed by atoms with van der Waals surface area (Å²) in [5, 5.41) is 9.06. The van der Waals surface area contributed by atoms with Gasteiger partial charge in [-0.15, -0.1) is 10.2 Å². The van der Waals surface area contributed by atoms with Crippen LogP contribution in [0.5, 0.6) is 5.75 Å². The Morgan fingerprint density at radius 1 is 1.09 bits per heavy atom. The first-order valence-electron chi connectivity index (χ1n) is 6.78. The molecule has 23 heavy (non-hydrogen) atoms. The van der Waals surface area contributed by atoms with Crippen LogP contribution in [0.3, 0.4) is 0 Å². The van der Waals surface area contributed by atoms with Crippen molar-refractivity contribution in [2.75, 3.05) is 0 Å². The highest BCUT2D eigenvalue weighted by atomic mass is 79.9. The number of hydrogen-bond donors (Lipinski definition) is 0. The number of ether oxygens (including phenoxy) is 1. The highest BCUT2D eigenvalue weighted by Crippen LogP contribution is 2.27. The van der Waals surface area contributed by atoms with E-state index in [9.17, 15) is 0 Å². The molecule has 7 heteroatoms. The third-order valence-corrected chi connectivity index (χ3v) is 4.90. The number of aromatic nitrogens is 2. The molecule has 1 heterocycles. The molecule has 0 aliphatic heterocycles. The van der Waals surface area contributed by atoms with E-state index in [0.29, 0.717) is 21.9 Å². The molecule has 0 fully saturated rings. The third kappa shape index (κ3) is 4.50. The Labute approximate surface area is 151 Å². The average Bonchev–Trinajstić information content (AvgIpc) is 3.01. The van der Waals surface area contributed by atoms with Crippen LogP contribution in [0, 0.1) is 0 Å². The van der Waals surface area contributed by atoms with Crippen LogP contribution < -0.4 is 4.74 Å². The second kappa shape index (κ2) is 7.86. The Morgan fingerprint density at radius 2 is 1.87 bits per heavy atom. The summed E-state index contributed by atoms with van der Waals surface area (Å²) in [6.07, 6.45) is 0. The molecule has 118 valence electrons. The minimum absolute atomic E-state index is 0.187. The predicted molar refractivity (Wildman–Crippen MR) is 93.8 cm³/mol. The van der Waals surface area contributed by atoms with Crippen molar-refractivity contribution in [1.82, 2.24) is 10.2 Å². The predicted octanol–water partition coefficient (Wildman–Crippen LogP) is 5.36. The number of nitrogens with zero attached hydrogens (tertiary/aromatic N) is 2. The van der Waals surface area contributed by atoms with Gasteiger partial charge in [-0.1, -0.05) is 69.6 Å². The van der Waals surface area contributed by atoms with Gasteiger partial charge in [0.15, 0.2) is 6.61 Å². The fourth-order valence-electron chi connectivity index (χ4n) is 1.81. The summed E-state index contributed by atoms with van der Waals surface area (Å²) in [5.74, 6) is 1.75. The summed E-state index contributed by atoms with van der Waals surface area (Å²) in [7, 11) is 0.